The summed E-state index contributed by atoms with van der Waals surface area (Å²) in [4.78, 5) is 4.78. The molecule has 0 saturated carbocycles. The second-order valence-electron chi connectivity index (χ2n) is 18.1. The van der Waals surface area contributed by atoms with Crippen LogP contribution < -0.4 is 9.80 Å². The minimum absolute atomic E-state index is 0.868. The number of para-hydroxylation sites is 1. The Labute approximate surface area is 413 Å². The molecule has 0 atom stereocenters. The van der Waals surface area contributed by atoms with Gasteiger partial charge in [0.05, 0.1) is 11.1 Å². The summed E-state index contributed by atoms with van der Waals surface area (Å²) in [6.07, 6.45) is 0. The van der Waals surface area contributed by atoms with Crippen LogP contribution in [0.25, 0.3) is 88.0 Å². The van der Waals surface area contributed by atoms with Crippen molar-refractivity contribution in [3.63, 3.8) is 0 Å². The molecule has 0 fully saturated rings. The van der Waals surface area contributed by atoms with E-state index in [1.807, 2.05) is 6.07 Å². The smallest absolute Gasteiger partial charge is 0.145 e. The molecule has 334 valence electrons. The van der Waals surface area contributed by atoms with E-state index in [2.05, 4.69) is 283 Å². The molecule has 0 bridgehead atoms. The molecule has 71 heavy (non-hydrogen) atoms. The largest absolute Gasteiger partial charge is 0.455 e. The summed E-state index contributed by atoms with van der Waals surface area (Å²) in [6.45, 7) is 0. The van der Waals surface area contributed by atoms with Gasteiger partial charge in [0.2, 0.25) is 0 Å². The number of hydrogen-bond acceptors (Lipinski definition) is 3. The molecule has 13 rings (SSSR count). The highest BCUT2D eigenvalue weighted by Gasteiger charge is 2.23. The molecule has 0 radical (unpaired) electrons. The van der Waals surface area contributed by atoms with Gasteiger partial charge in [0, 0.05) is 39.2 Å². The van der Waals surface area contributed by atoms with Crippen LogP contribution in [0.15, 0.2) is 283 Å². The molecule has 0 amide bonds. The Kier molecular flexibility index (Phi) is 10.5. The highest BCUT2D eigenvalue weighted by atomic mass is 16.3. The lowest BCUT2D eigenvalue weighted by Crippen LogP contribution is -2.11. The van der Waals surface area contributed by atoms with Gasteiger partial charge in [0.1, 0.15) is 11.2 Å². The first kappa shape index (κ1) is 41.7. The number of furan rings is 1. The zero-order valence-electron chi connectivity index (χ0n) is 38.9. The van der Waals surface area contributed by atoms with Crippen molar-refractivity contribution < 1.29 is 4.42 Å². The Bertz CT molecular complexity index is 4040. The van der Waals surface area contributed by atoms with Crippen LogP contribution in [0, 0.1) is 0 Å². The lowest BCUT2D eigenvalue weighted by atomic mass is 9.97. The van der Waals surface area contributed by atoms with E-state index in [9.17, 15) is 0 Å². The van der Waals surface area contributed by atoms with Crippen LogP contribution in [0.3, 0.4) is 0 Å². The van der Waals surface area contributed by atoms with E-state index in [4.69, 9.17) is 4.42 Å². The molecule has 0 aliphatic carbocycles. The van der Waals surface area contributed by atoms with Gasteiger partial charge in [-0.05, 0) is 133 Å². The van der Waals surface area contributed by atoms with Gasteiger partial charge in [-0.15, -0.1) is 0 Å². The maximum Gasteiger partial charge on any atom is 0.145 e. The highest BCUT2D eigenvalue weighted by molar-refractivity contribution is 6.22. The lowest BCUT2D eigenvalue weighted by molar-refractivity contribution is 0.672. The van der Waals surface area contributed by atoms with E-state index < -0.39 is 0 Å². The summed E-state index contributed by atoms with van der Waals surface area (Å²) in [6, 6.07) is 100. The first-order valence-electron chi connectivity index (χ1n) is 24.2. The van der Waals surface area contributed by atoms with Crippen molar-refractivity contribution in [3.05, 3.63) is 279 Å². The van der Waals surface area contributed by atoms with Crippen LogP contribution >= 0.6 is 0 Å². The highest BCUT2D eigenvalue weighted by Crippen LogP contribution is 2.47. The van der Waals surface area contributed by atoms with Crippen LogP contribution in [0.4, 0.5) is 34.1 Å². The van der Waals surface area contributed by atoms with Crippen molar-refractivity contribution >= 4 is 77.6 Å². The van der Waals surface area contributed by atoms with Crippen molar-refractivity contribution in [2.75, 3.05) is 9.80 Å². The minimum atomic E-state index is 0.868. The Hall–Kier alpha value is -9.44. The van der Waals surface area contributed by atoms with Crippen LogP contribution in [-0.2, 0) is 0 Å². The van der Waals surface area contributed by atoms with Crippen molar-refractivity contribution in [1.29, 1.82) is 0 Å². The Morgan fingerprint density at radius 2 is 0.690 bits per heavy atom. The molecule has 1 heterocycles. The summed E-state index contributed by atoms with van der Waals surface area (Å²) in [5.74, 6) is 0. The number of rotatable bonds is 10. The van der Waals surface area contributed by atoms with Gasteiger partial charge in [0.15, 0.2) is 0 Å². The van der Waals surface area contributed by atoms with E-state index in [1.165, 1.54) is 44.2 Å². The van der Waals surface area contributed by atoms with Gasteiger partial charge in [-0.1, -0.05) is 206 Å². The Balaban J connectivity index is 0.960. The molecule has 0 saturated heterocycles. The van der Waals surface area contributed by atoms with Crippen LogP contribution in [0.1, 0.15) is 0 Å². The normalized spacial score (nSPS) is 11.4. The molecule has 12 aromatic carbocycles. The third kappa shape index (κ3) is 7.76. The molecule has 3 heteroatoms. The van der Waals surface area contributed by atoms with E-state index in [0.29, 0.717) is 0 Å². The van der Waals surface area contributed by atoms with Gasteiger partial charge in [-0.25, -0.2) is 0 Å². The fourth-order valence-corrected chi connectivity index (χ4v) is 10.4. The fraction of sp³-hybridized carbons (Fsp3) is 0. The van der Waals surface area contributed by atoms with Gasteiger partial charge in [-0.2, -0.15) is 0 Å². The predicted octanol–water partition coefficient (Wildman–Crippen LogP) is 19.5. The van der Waals surface area contributed by atoms with Crippen molar-refractivity contribution in [2.45, 2.75) is 0 Å². The zero-order valence-corrected chi connectivity index (χ0v) is 38.9. The summed E-state index contributed by atoms with van der Waals surface area (Å²) < 4.78 is 6.76. The molecule has 3 nitrogen and oxygen atoms in total. The number of fused-ring (bicyclic) bond motifs is 6. The number of benzene rings is 12. The first-order chi connectivity index (χ1) is 35.2. The van der Waals surface area contributed by atoms with Crippen molar-refractivity contribution in [3.8, 4) is 44.5 Å². The predicted molar refractivity (Wildman–Crippen MR) is 300 cm³/mol. The fourth-order valence-electron chi connectivity index (χ4n) is 10.4. The van der Waals surface area contributed by atoms with Gasteiger partial charge >= 0.3 is 0 Å². The summed E-state index contributed by atoms with van der Waals surface area (Å²) in [7, 11) is 0. The SMILES string of the molecule is c1ccc(-c2ccc(N(c3cccc(-c4cccc(N(c5ccc(-c6ccccc6)cc5)c5cc6ccccc6c6oc7ccccc7c56)c4)c3)c3cccc(-c4cccc5ccccc45)c3)cc2)cc1. The Morgan fingerprint density at radius 1 is 0.254 bits per heavy atom. The van der Waals surface area contributed by atoms with Crippen LogP contribution in [0.2, 0.25) is 0 Å². The van der Waals surface area contributed by atoms with E-state index in [0.717, 1.165) is 78.0 Å². The lowest BCUT2D eigenvalue weighted by Gasteiger charge is -2.28. The van der Waals surface area contributed by atoms with Crippen LogP contribution in [-0.4, -0.2) is 0 Å². The maximum atomic E-state index is 6.76. The maximum absolute atomic E-state index is 6.76. The molecule has 1 aromatic heterocycles. The summed E-state index contributed by atoms with van der Waals surface area (Å²) in [5, 5.41) is 6.83. The molecule has 0 aliphatic heterocycles. The Morgan fingerprint density at radius 3 is 1.32 bits per heavy atom. The van der Waals surface area contributed by atoms with E-state index >= 15 is 0 Å². The average Bonchev–Trinajstić information content (AvgIpc) is 3.85. The standard InChI is InChI=1S/C68H46N2O/c1-3-17-47(18-4-1)49-35-39-56(40-36-49)69(59-28-15-26-54(45-59)62-33-16-23-51-21-7-9-30-61(51)62)58-27-13-24-52(43-58)53-25-14-29-60(44-53)70(57-41-37-50(38-42-57)48-19-5-2-6-20-48)65-46-55-22-8-10-31-63(55)68-67(65)64-32-11-12-34-66(64)71-68/h1-46H. The first-order valence-corrected chi connectivity index (χ1v) is 24.2. The molecule has 0 aliphatic rings. The molecular formula is C68H46N2O. The number of nitrogens with zero attached hydrogens (tertiary/aromatic N) is 2. The quantitative estimate of drug-likeness (QED) is 0.136. The number of anilines is 6. The van der Waals surface area contributed by atoms with Gasteiger partial charge in [-0.3, -0.25) is 0 Å². The summed E-state index contributed by atoms with van der Waals surface area (Å²) >= 11 is 0. The van der Waals surface area contributed by atoms with Crippen molar-refractivity contribution in [2.24, 2.45) is 0 Å². The van der Waals surface area contributed by atoms with E-state index in [-0.39, 0.29) is 0 Å². The molecular weight excluding hydrogens is 861 g/mol. The molecule has 13 aromatic rings. The number of hydrogen-bond donors (Lipinski definition) is 0. The average molecular weight is 907 g/mol. The third-order valence-corrected chi connectivity index (χ3v) is 13.8. The third-order valence-electron chi connectivity index (χ3n) is 13.8. The molecule has 0 unspecified atom stereocenters. The van der Waals surface area contributed by atoms with Crippen molar-refractivity contribution in [1.82, 2.24) is 0 Å². The van der Waals surface area contributed by atoms with Crippen LogP contribution in [0.5, 0.6) is 0 Å². The zero-order chi connectivity index (χ0) is 47.1. The topological polar surface area (TPSA) is 19.6 Å². The molecule has 0 N–H and O–H groups in total. The van der Waals surface area contributed by atoms with E-state index in [1.54, 1.807) is 0 Å². The van der Waals surface area contributed by atoms with Gasteiger partial charge < -0.3 is 14.2 Å². The second kappa shape index (κ2) is 17.9. The minimum Gasteiger partial charge on any atom is -0.455 e. The molecule has 0 spiro atoms. The van der Waals surface area contributed by atoms with Gasteiger partial charge in [0.25, 0.3) is 0 Å². The monoisotopic (exact) mass is 906 g/mol. The second-order valence-corrected chi connectivity index (χ2v) is 18.1. The summed E-state index contributed by atoms with van der Waals surface area (Å²) in [5.41, 5.74) is 17.4.